The van der Waals surface area contributed by atoms with Crippen LogP contribution in [-0.2, 0) is 9.59 Å². The van der Waals surface area contributed by atoms with Crippen molar-refractivity contribution in [2.24, 2.45) is 5.10 Å². The summed E-state index contributed by atoms with van der Waals surface area (Å²) in [5.74, 6) is -1.20. The van der Waals surface area contributed by atoms with Gasteiger partial charge in [-0.05, 0) is 37.1 Å². The zero-order valence-corrected chi connectivity index (χ0v) is 13.8. The van der Waals surface area contributed by atoms with Gasteiger partial charge in [-0.2, -0.15) is 5.10 Å². The lowest BCUT2D eigenvalue weighted by Crippen LogP contribution is -2.32. The zero-order valence-electron chi connectivity index (χ0n) is 13.8. The Bertz CT molecular complexity index is 768. The Kier molecular flexibility index (Phi) is 5.68. The molecule has 6 nitrogen and oxygen atoms in total. The predicted octanol–water partition coefficient (Wildman–Crippen LogP) is 2.40. The molecule has 2 aromatic rings. The maximum Gasteiger partial charge on any atom is 0.329 e. The summed E-state index contributed by atoms with van der Waals surface area (Å²) >= 11 is 0. The Labute approximate surface area is 140 Å². The summed E-state index contributed by atoms with van der Waals surface area (Å²) in [7, 11) is 1.49. The van der Waals surface area contributed by atoms with Crippen LogP contribution in [0.1, 0.15) is 16.7 Å². The van der Waals surface area contributed by atoms with Crippen molar-refractivity contribution in [3.05, 3.63) is 59.2 Å². The highest BCUT2D eigenvalue weighted by molar-refractivity contribution is 6.39. The molecule has 124 valence electrons. The Morgan fingerprint density at radius 2 is 1.67 bits per heavy atom. The van der Waals surface area contributed by atoms with Crippen molar-refractivity contribution in [2.45, 2.75) is 13.8 Å². The maximum absolute atomic E-state index is 11.9. The SMILES string of the molecule is COc1ccc(C)cc1NC(=O)C(=O)N/N=C\c1ccc(C)cc1. The molecule has 0 radical (unpaired) electrons. The number of amides is 2. The lowest BCUT2D eigenvalue weighted by molar-refractivity contribution is -0.136. The summed E-state index contributed by atoms with van der Waals surface area (Å²) in [6.07, 6.45) is 1.47. The van der Waals surface area contributed by atoms with Crippen molar-refractivity contribution in [3.63, 3.8) is 0 Å². The highest BCUT2D eigenvalue weighted by Crippen LogP contribution is 2.24. The number of anilines is 1. The van der Waals surface area contributed by atoms with E-state index >= 15 is 0 Å². The maximum atomic E-state index is 11.9. The monoisotopic (exact) mass is 325 g/mol. The van der Waals surface area contributed by atoms with Gasteiger partial charge in [0.1, 0.15) is 5.75 Å². The number of carbonyl (C=O) groups excluding carboxylic acids is 2. The van der Waals surface area contributed by atoms with E-state index in [-0.39, 0.29) is 0 Å². The van der Waals surface area contributed by atoms with Crippen LogP contribution in [0.2, 0.25) is 0 Å². The van der Waals surface area contributed by atoms with Crippen molar-refractivity contribution in [3.8, 4) is 5.75 Å². The summed E-state index contributed by atoms with van der Waals surface area (Å²) in [6, 6.07) is 12.9. The van der Waals surface area contributed by atoms with Crippen molar-refractivity contribution >= 4 is 23.7 Å². The van der Waals surface area contributed by atoms with E-state index in [1.807, 2.05) is 44.2 Å². The standard InChI is InChI=1S/C18H19N3O3/c1-12-4-7-14(8-5-12)11-19-21-18(23)17(22)20-15-10-13(2)6-9-16(15)24-3/h4-11H,1-3H3,(H,20,22)(H,21,23)/b19-11-. The number of hydrazone groups is 1. The van der Waals surface area contributed by atoms with Gasteiger partial charge in [0.05, 0.1) is 19.0 Å². The molecular formula is C18H19N3O3. The molecule has 0 fully saturated rings. The lowest BCUT2D eigenvalue weighted by atomic mass is 10.2. The number of nitrogens with zero attached hydrogens (tertiary/aromatic N) is 1. The third-order valence-corrected chi connectivity index (χ3v) is 3.27. The average molecular weight is 325 g/mol. The molecule has 0 aliphatic rings. The van der Waals surface area contributed by atoms with E-state index in [4.69, 9.17) is 4.74 Å². The van der Waals surface area contributed by atoms with Crippen LogP contribution in [0.25, 0.3) is 0 Å². The highest BCUT2D eigenvalue weighted by Gasteiger charge is 2.15. The highest BCUT2D eigenvalue weighted by atomic mass is 16.5. The number of nitrogens with one attached hydrogen (secondary N) is 2. The normalized spacial score (nSPS) is 10.5. The predicted molar refractivity (Wildman–Crippen MR) is 93.3 cm³/mol. The fourth-order valence-corrected chi connectivity index (χ4v) is 1.97. The lowest BCUT2D eigenvalue weighted by Gasteiger charge is -2.10. The summed E-state index contributed by atoms with van der Waals surface area (Å²) in [5, 5.41) is 6.29. The first-order chi connectivity index (χ1) is 11.5. The molecular weight excluding hydrogens is 306 g/mol. The molecule has 0 atom stereocenters. The fourth-order valence-electron chi connectivity index (χ4n) is 1.97. The zero-order chi connectivity index (χ0) is 17.5. The Hall–Kier alpha value is -3.15. The molecule has 0 aromatic heterocycles. The summed E-state index contributed by atoms with van der Waals surface area (Å²) in [6.45, 7) is 3.85. The van der Waals surface area contributed by atoms with Gasteiger partial charge in [0.15, 0.2) is 0 Å². The first-order valence-electron chi connectivity index (χ1n) is 7.35. The molecule has 0 saturated heterocycles. The Morgan fingerprint density at radius 3 is 2.33 bits per heavy atom. The van der Waals surface area contributed by atoms with Gasteiger partial charge in [-0.15, -0.1) is 0 Å². The second-order valence-corrected chi connectivity index (χ2v) is 5.27. The molecule has 0 spiro atoms. The van der Waals surface area contributed by atoms with Crippen LogP contribution in [0.15, 0.2) is 47.6 Å². The molecule has 2 N–H and O–H groups in total. The number of carbonyl (C=O) groups is 2. The van der Waals surface area contributed by atoms with Crippen molar-refractivity contribution < 1.29 is 14.3 Å². The second-order valence-electron chi connectivity index (χ2n) is 5.27. The Morgan fingerprint density at radius 1 is 1.00 bits per heavy atom. The fraction of sp³-hybridized carbons (Fsp3) is 0.167. The molecule has 2 aromatic carbocycles. The minimum Gasteiger partial charge on any atom is -0.495 e. The number of methoxy groups -OCH3 is 1. The van der Waals surface area contributed by atoms with Crippen LogP contribution < -0.4 is 15.5 Å². The number of hydrogen-bond acceptors (Lipinski definition) is 4. The van der Waals surface area contributed by atoms with Crippen LogP contribution >= 0.6 is 0 Å². The molecule has 0 aliphatic heterocycles. The van der Waals surface area contributed by atoms with Crippen LogP contribution in [0.5, 0.6) is 5.75 Å². The van der Waals surface area contributed by atoms with Crippen LogP contribution in [0, 0.1) is 13.8 Å². The summed E-state index contributed by atoms with van der Waals surface area (Å²) in [5.41, 5.74) is 5.51. The van der Waals surface area contributed by atoms with E-state index in [2.05, 4.69) is 15.8 Å². The number of ether oxygens (including phenoxy) is 1. The van der Waals surface area contributed by atoms with Crippen LogP contribution in [0.4, 0.5) is 5.69 Å². The van der Waals surface area contributed by atoms with Crippen molar-refractivity contribution in [1.82, 2.24) is 5.43 Å². The second kappa shape index (κ2) is 7.92. The molecule has 0 unspecified atom stereocenters. The Balaban J connectivity index is 1.96. The van der Waals surface area contributed by atoms with Gasteiger partial charge < -0.3 is 10.1 Å². The number of aryl methyl sites for hydroxylation is 2. The van der Waals surface area contributed by atoms with Gasteiger partial charge >= 0.3 is 11.8 Å². The number of hydrogen-bond donors (Lipinski definition) is 2. The van der Waals surface area contributed by atoms with Crippen molar-refractivity contribution in [1.29, 1.82) is 0 Å². The molecule has 2 rings (SSSR count). The molecule has 0 aliphatic carbocycles. The minimum atomic E-state index is -0.859. The van der Waals surface area contributed by atoms with E-state index in [9.17, 15) is 9.59 Å². The van der Waals surface area contributed by atoms with Crippen molar-refractivity contribution in [2.75, 3.05) is 12.4 Å². The third-order valence-electron chi connectivity index (χ3n) is 3.27. The largest absolute Gasteiger partial charge is 0.495 e. The number of benzene rings is 2. The smallest absolute Gasteiger partial charge is 0.329 e. The van der Waals surface area contributed by atoms with E-state index in [1.165, 1.54) is 13.3 Å². The topological polar surface area (TPSA) is 79.8 Å². The number of rotatable bonds is 4. The quantitative estimate of drug-likeness (QED) is 0.515. The molecule has 0 bridgehead atoms. The minimum absolute atomic E-state index is 0.431. The molecule has 24 heavy (non-hydrogen) atoms. The van der Waals surface area contributed by atoms with E-state index in [0.717, 1.165) is 16.7 Å². The van der Waals surface area contributed by atoms with Gasteiger partial charge in [-0.1, -0.05) is 35.9 Å². The van der Waals surface area contributed by atoms with Gasteiger partial charge in [0.25, 0.3) is 0 Å². The van der Waals surface area contributed by atoms with E-state index < -0.39 is 11.8 Å². The summed E-state index contributed by atoms with van der Waals surface area (Å²) < 4.78 is 5.15. The van der Waals surface area contributed by atoms with E-state index in [1.54, 1.807) is 12.1 Å². The van der Waals surface area contributed by atoms with Crippen LogP contribution in [-0.4, -0.2) is 25.1 Å². The average Bonchev–Trinajstić information content (AvgIpc) is 2.56. The van der Waals surface area contributed by atoms with Crippen LogP contribution in [0.3, 0.4) is 0 Å². The summed E-state index contributed by atoms with van der Waals surface area (Å²) in [4.78, 5) is 23.7. The van der Waals surface area contributed by atoms with E-state index in [0.29, 0.717) is 11.4 Å². The molecule has 0 heterocycles. The molecule has 0 saturated carbocycles. The van der Waals surface area contributed by atoms with Gasteiger partial charge in [-0.25, -0.2) is 5.43 Å². The van der Waals surface area contributed by atoms with Gasteiger partial charge in [-0.3, -0.25) is 9.59 Å². The third kappa shape index (κ3) is 4.67. The molecule has 6 heteroatoms. The molecule has 2 amide bonds. The first-order valence-corrected chi connectivity index (χ1v) is 7.35. The van der Waals surface area contributed by atoms with Gasteiger partial charge in [0, 0.05) is 0 Å². The van der Waals surface area contributed by atoms with Gasteiger partial charge in [0.2, 0.25) is 0 Å². The first kappa shape index (κ1) is 17.2.